The van der Waals surface area contributed by atoms with Gasteiger partial charge in [-0.25, -0.2) is 0 Å². The zero-order chi connectivity index (χ0) is 19.8. The molecule has 0 saturated heterocycles. The van der Waals surface area contributed by atoms with Gasteiger partial charge in [0, 0.05) is 19.6 Å². The summed E-state index contributed by atoms with van der Waals surface area (Å²) in [7, 11) is 0. The van der Waals surface area contributed by atoms with E-state index in [0.717, 1.165) is 24.0 Å². The third kappa shape index (κ3) is 10.1. The Labute approximate surface area is 167 Å². The van der Waals surface area contributed by atoms with Crippen LogP contribution in [0.15, 0.2) is 30.8 Å². The van der Waals surface area contributed by atoms with E-state index in [4.69, 9.17) is 14.2 Å². The summed E-state index contributed by atoms with van der Waals surface area (Å²) < 4.78 is 18.1. The minimum atomic E-state index is -0.617. The summed E-state index contributed by atoms with van der Waals surface area (Å²) in [6, 6.07) is 8.28. The van der Waals surface area contributed by atoms with Gasteiger partial charge in [-0.1, -0.05) is 82.4 Å². The Bertz CT molecular complexity index is 475. The summed E-state index contributed by atoms with van der Waals surface area (Å²) in [5, 5.41) is 0. The van der Waals surface area contributed by atoms with Gasteiger partial charge in [-0.3, -0.25) is 0 Å². The van der Waals surface area contributed by atoms with Crippen LogP contribution in [0.4, 0.5) is 0 Å². The Morgan fingerprint density at radius 1 is 0.852 bits per heavy atom. The third-order valence-corrected chi connectivity index (χ3v) is 4.78. The summed E-state index contributed by atoms with van der Waals surface area (Å²) in [6.07, 6.45) is 11.7. The van der Waals surface area contributed by atoms with Gasteiger partial charge in [0.05, 0.1) is 6.61 Å². The van der Waals surface area contributed by atoms with Crippen molar-refractivity contribution in [3.05, 3.63) is 42.0 Å². The van der Waals surface area contributed by atoms with Gasteiger partial charge in [-0.15, -0.1) is 0 Å². The van der Waals surface area contributed by atoms with Crippen molar-refractivity contribution in [3.8, 4) is 0 Å². The molecule has 0 aliphatic rings. The molecular formula is C24H40O3. The lowest BCUT2D eigenvalue weighted by Gasteiger charge is -2.33. The molecule has 0 saturated carbocycles. The normalized spacial score (nSPS) is 11.7. The minimum Gasteiger partial charge on any atom is -0.371 e. The summed E-state index contributed by atoms with van der Waals surface area (Å²) in [5.74, 6) is -0.617. The molecule has 0 atom stereocenters. The molecular weight excluding hydrogens is 336 g/mol. The first-order valence-corrected chi connectivity index (χ1v) is 10.8. The van der Waals surface area contributed by atoms with E-state index in [1.165, 1.54) is 38.5 Å². The van der Waals surface area contributed by atoms with Gasteiger partial charge in [0.15, 0.2) is 5.79 Å². The second-order valence-electron chi connectivity index (χ2n) is 7.09. The van der Waals surface area contributed by atoms with E-state index in [1.54, 1.807) is 0 Å². The van der Waals surface area contributed by atoms with E-state index in [-0.39, 0.29) is 0 Å². The third-order valence-electron chi connectivity index (χ3n) is 4.78. The summed E-state index contributed by atoms with van der Waals surface area (Å²) in [4.78, 5) is 0. The van der Waals surface area contributed by atoms with Crippen molar-refractivity contribution in [1.82, 2.24) is 0 Å². The minimum absolute atomic E-state index is 0.466. The van der Waals surface area contributed by atoms with Crippen LogP contribution in [0.2, 0.25) is 0 Å². The summed E-state index contributed by atoms with van der Waals surface area (Å²) >= 11 is 0. The van der Waals surface area contributed by atoms with Gasteiger partial charge in [-0.2, -0.15) is 0 Å². The van der Waals surface area contributed by atoms with E-state index in [2.05, 4.69) is 37.8 Å². The van der Waals surface area contributed by atoms with Gasteiger partial charge in [0.1, 0.15) is 6.61 Å². The lowest BCUT2D eigenvalue weighted by molar-refractivity contribution is -0.263. The lowest BCUT2D eigenvalue weighted by Crippen LogP contribution is -2.41. The topological polar surface area (TPSA) is 27.7 Å². The largest absolute Gasteiger partial charge is 0.371 e. The van der Waals surface area contributed by atoms with Crippen LogP contribution in [0.3, 0.4) is 0 Å². The van der Waals surface area contributed by atoms with Crippen molar-refractivity contribution in [2.24, 2.45) is 0 Å². The van der Waals surface area contributed by atoms with E-state index in [0.29, 0.717) is 26.4 Å². The maximum atomic E-state index is 6.03. The highest BCUT2D eigenvalue weighted by Gasteiger charge is 2.31. The fourth-order valence-electron chi connectivity index (χ4n) is 3.29. The molecule has 1 aromatic carbocycles. The van der Waals surface area contributed by atoms with Crippen molar-refractivity contribution in [2.45, 2.75) is 84.5 Å². The highest BCUT2D eigenvalue weighted by atomic mass is 16.7. The summed E-state index contributed by atoms with van der Waals surface area (Å²) in [5.41, 5.74) is 2.27. The first-order chi connectivity index (χ1) is 13.2. The molecule has 0 fully saturated rings. The molecule has 1 rings (SSSR count). The van der Waals surface area contributed by atoms with E-state index < -0.39 is 5.79 Å². The highest BCUT2D eigenvalue weighted by Crippen LogP contribution is 2.24. The molecule has 3 heteroatoms. The van der Waals surface area contributed by atoms with Gasteiger partial charge < -0.3 is 14.2 Å². The van der Waals surface area contributed by atoms with E-state index in [9.17, 15) is 0 Å². The van der Waals surface area contributed by atoms with Crippen LogP contribution in [-0.2, 0) is 20.8 Å². The van der Waals surface area contributed by atoms with E-state index >= 15 is 0 Å². The second kappa shape index (κ2) is 14.8. The van der Waals surface area contributed by atoms with Crippen molar-refractivity contribution >= 4 is 6.08 Å². The van der Waals surface area contributed by atoms with Gasteiger partial charge in [-0.05, 0) is 31.4 Å². The van der Waals surface area contributed by atoms with Crippen molar-refractivity contribution in [3.63, 3.8) is 0 Å². The van der Waals surface area contributed by atoms with Crippen molar-refractivity contribution < 1.29 is 14.2 Å². The molecule has 0 unspecified atom stereocenters. The maximum Gasteiger partial charge on any atom is 0.191 e. The predicted octanol–water partition coefficient (Wildman–Crippen LogP) is 6.76. The molecule has 0 heterocycles. The van der Waals surface area contributed by atoms with Crippen LogP contribution in [-0.4, -0.2) is 25.6 Å². The Balaban J connectivity index is 2.46. The van der Waals surface area contributed by atoms with Gasteiger partial charge in [0.2, 0.25) is 0 Å². The van der Waals surface area contributed by atoms with Crippen LogP contribution in [0.25, 0.3) is 6.08 Å². The fourth-order valence-corrected chi connectivity index (χ4v) is 3.29. The van der Waals surface area contributed by atoms with Gasteiger partial charge in [0.25, 0.3) is 0 Å². The Morgan fingerprint density at radius 3 is 2.00 bits per heavy atom. The number of unbranched alkanes of at least 4 members (excludes halogenated alkanes) is 6. The average molecular weight is 377 g/mol. The van der Waals surface area contributed by atoms with Crippen LogP contribution in [0.1, 0.15) is 83.3 Å². The second-order valence-corrected chi connectivity index (χ2v) is 7.09. The lowest BCUT2D eigenvalue weighted by atomic mass is 10.0. The monoisotopic (exact) mass is 376 g/mol. The van der Waals surface area contributed by atoms with Crippen LogP contribution < -0.4 is 0 Å². The first kappa shape index (κ1) is 23.9. The zero-order valence-corrected chi connectivity index (χ0v) is 17.8. The first-order valence-electron chi connectivity index (χ1n) is 10.8. The number of hydrogen-bond acceptors (Lipinski definition) is 3. The molecule has 27 heavy (non-hydrogen) atoms. The smallest absolute Gasteiger partial charge is 0.191 e. The average Bonchev–Trinajstić information content (AvgIpc) is 2.68. The maximum absolute atomic E-state index is 6.03. The molecule has 0 aliphatic heterocycles. The number of rotatable bonds is 17. The van der Waals surface area contributed by atoms with Crippen molar-refractivity contribution in [1.29, 1.82) is 0 Å². The fraction of sp³-hybridized carbons (Fsp3) is 0.667. The molecule has 1 aromatic rings. The van der Waals surface area contributed by atoms with E-state index in [1.807, 2.05) is 19.9 Å². The number of benzene rings is 1. The molecule has 0 spiro atoms. The Morgan fingerprint density at radius 2 is 1.44 bits per heavy atom. The Kier molecular flexibility index (Phi) is 13.1. The standard InChI is InChI=1S/C24H40O3/c1-5-9-10-11-12-13-14-19-24(26-7-3,27-8-4)21-25-20-23-17-15-22(6-2)16-18-23/h6,15-18H,2,5,7-14,19-21H2,1,3-4H3. The van der Waals surface area contributed by atoms with Crippen molar-refractivity contribution in [2.75, 3.05) is 19.8 Å². The van der Waals surface area contributed by atoms with Gasteiger partial charge >= 0.3 is 0 Å². The quantitative estimate of drug-likeness (QED) is 0.222. The Hall–Kier alpha value is -1.16. The molecule has 0 aromatic heterocycles. The molecule has 154 valence electrons. The summed E-state index contributed by atoms with van der Waals surface area (Å²) in [6.45, 7) is 12.4. The molecule has 0 amide bonds. The number of ether oxygens (including phenoxy) is 3. The molecule has 0 aliphatic carbocycles. The number of hydrogen-bond donors (Lipinski definition) is 0. The zero-order valence-electron chi connectivity index (χ0n) is 17.8. The molecule has 3 nitrogen and oxygen atoms in total. The predicted molar refractivity (Wildman–Crippen MR) is 115 cm³/mol. The molecule has 0 N–H and O–H groups in total. The van der Waals surface area contributed by atoms with Crippen LogP contribution in [0.5, 0.6) is 0 Å². The molecule has 0 bridgehead atoms. The van der Waals surface area contributed by atoms with Crippen LogP contribution in [0, 0.1) is 0 Å². The molecule has 0 radical (unpaired) electrons. The SMILES string of the molecule is C=Cc1ccc(COCC(CCCCCCCCC)(OCC)OCC)cc1. The highest BCUT2D eigenvalue weighted by molar-refractivity contribution is 5.47. The van der Waals surface area contributed by atoms with Crippen LogP contribution >= 0.6 is 0 Å².